The van der Waals surface area contributed by atoms with Crippen LogP contribution in [0.25, 0.3) is 11.1 Å². The minimum absolute atomic E-state index is 0.0643. The molecule has 0 radical (unpaired) electrons. The molecule has 0 aliphatic heterocycles. The monoisotopic (exact) mass is 600 g/mol. The summed E-state index contributed by atoms with van der Waals surface area (Å²) in [5.41, 5.74) is 2.48. The molecule has 10 heteroatoms. The number of nitrogens with one attached hydrogen (secondary N) is 3. The van der Waals surface area contributed by atoms with E-state index < -0.39 is 23.7 Å². The van der Waals surface area contributed by atoms with Crippen molar-refractivity contribution in [3.63, 3.8) is 0 Å². The average molecular weight is 601 g/mol. The van der Waals surface area contributed by atoms with Gasteiger partial charge in [0, 0.05) is 24.2 Å². The first-order chi connectivity index (χ1) is 21.1. The van der Waals surface area contributed by atoms with Crippen molar-refractivity contribution in [3.05, 3.63) is 119 Å². The number of alkyl halides is 3. The molecule has 3 amide bonds. The Balaban J connectivity index is 1.25. The molecule has 0 spiro atoms. The molecule has 4 aromatic rings. The van der Waals surface area contributed by atoms with E-state index >= 15 is 0 Å². The smallest absolute Gasteiger partial charge is 0.350 e. The number of rotatable bonds is 9. The van der Waals surface area contributed by atoms with Gasteiger partial charge >= 0.3 is 6.18 Å². The SMILES string of the molecule is Cc1cc(CNC(=O)[C@@H](NC(=O)C2CCC2)c2ccccc2)cnc1NC(=O)c1ccccc1-c1ccc(C(F)(F)F)cc1. The largest absolute Gasteiger partial charge is 0.416 e. The van der Waals surface area contributed by atoms with Gasteiger partial charge in [0.2, 0.25) is 11.8 Å². The molecule has 1 saturated carbocycles. The zero-order valence-corrected chi connectivity index (χ0v) is 23.9. The molecule has 0 unspecified atom stereocenters. The van der Waals surface area contributed by atoms with Crippen LogP contribution in [0.5, 0.6) is 0 Å². The molecule has 1 heterocycles. The molecule has 7 nitrogen and oxygen atoms in total. The van der Waals surface area contributed by atoms with Crippen molar-refractivity contribution < 1.29 is 27.6 Å². The number of nitrogens with zero attached hydrogens (tertiary/aromatic N) is 1. The van der Waals surface area contributed by atoms with Crippen molar-refractivity contribution in [2.24, 2.45) is 5.92 Å². The molecule has 3 N–H and O–H groups in total. The zero-order chi connectivity index (χ0) is 31.3. The van der Waals surface area contributed by atoms with E-state index in [2.05, 4.69) is 20.9 Å². The van der Waals surface area contributed by atoms with Crippen molar-refractivity contribution in [2.75, 3.05) is 5.32 Å². The van der Waals surface area contributed by atoms with Gasteiger partial charge in [-0.1, -0.05) is 67.1 Å². The summed E-state index contributed by atoms with van der Waals surface area (Å²) >= 11 is 0. The van der Waals surface area contributed by atoms with E-state index in [1.165, 1.54) is 18.3 Å². The second kappa shape index (κ2) is 13.1. The molecule has 1 fully saturated rings. The minimum atomic E-state index is -4.46. The van der Waals surface area contributed by atoms with E-state index in [0.717, 1.165) is 31.4 Å². The molecular weight excluding hydrogens is 569 g/mol. The number of benzene rings is 3. The fourth-order valence-electron chi connectivity index (χ4n) is 4.97. The molecule has 3 aromatic carbocycles. The third-order valence-corrected chi connectivity index (χ3v) is 7.69. The third-order valence-electron chi connectivity index (χ3n) is 7.69. The van der Waals surface area contributed by atoms with Crippen molar-refractivity contribution in [1.82, 2.24) is 15.6 Å². The highest BCUT2D eigenvalue weighted by Gasteiger charge is 2.31. The van der Waals surface area contributed by atoms with Crippen LogP contribution in [-0.2, 0) is 22.3 Å². The number of anilines is 1. The Kier molecular flexibility index (Phi) is 9.08. The van der Waals surface area contributed by atoms with Crippen LogP contribution >= 0.6 is 0 Å². The Bertz CT molecular complexity index is 1650. The molecular formula is C34H31F3N4O3. The molecule has 1 aromatic heterocycles. The Morgan fingerprint density at radius 2 is 1.61 bits per heavy atom. The van der Waals surface area contributed by atoms with Gasteiger partial charge in [0.05, 0.1) is 5.56 Å². The predicted molar refractivity (Wildman–Crippen MR) is 160 cm³/mol. The number of aromatic nitrogens is 1. The maximum Gasteiger partial charge on any atom is 0.416 e. The Morgan fingerprint density at radius 1 is 0.932 bits per heavy atom. The molecule has 0 bridgehead atoms. The summed E-state index contributed by atoms with van der Waals surface area (Å²) < 4.78 is 39.0. The number of halogens is 3. The Hall–Kier alpha value is -4.99. The maximum absolute atomic E-state index is 13.2. The summed E-state index contributed by atoms with van der Waals surface area (Å²) in [7, 11) is 0. The summed E-state index contributed by atoms with van der Waals surface area (Å²) in [4.78, 5) is 43.4. The fourth-order valence-corrected chi connectivity index (χ4v) is 4.97. The predicted octanol–water partition coefficient (Wildman–Crippen LogP) is 6.60. The zero-order valence-electron chi connectivity index (χ0n) is 23.9. The van der Waals surface area contributed by atoms with Gasteiger partial charge in [-0.3, -0.25) is 14.4 Å². The lowest BCUT2D eigenvalue weighted by Crippen LogP contribution is -2.43. The van der Waals surface area contributed by atoms with Crippen LogP contribution < -0.4 is 16.0 Å². The number of amides is 3. The highest BCUT2D eigenvalue weighted by Crippen LogP contribution is 2.32. The van der Waals surface area contributed by atoms with Crippen molar-refractivity contribution in [1.29, 1.82) is 0 Å². The van der Waals surface area contributed by atoms with Crippen molar-refractivity contribution >= 4 is 23.5 Å². The van der Waals surface area contributed by atoms with Gasteiger partial charge in [-0.05, 0) is 71.8 Å². The van der Waals surface area contributed by atoms with E-state index in [0.29, 0.717) is 33.6 Å². The van der Waals surface area contributed by atoms with Crippen LogP contribution in [0, 0.1) is 12.8 Å². The van der Waals surface area contributed by atoms with Crippen molar-refractivity contribution in [2.45, 2.75) is 44.9 Å². The summed E-state index contributed by atoms with van der Waals surface area (Å²) in [6.07, 6.45) is -0.264. The van der Waals surface area contributed by atoms with E-state index in [1.807, 2.05) is 18.2 Å². The van der Waals surface area contributed by atoms with E-state index in [-0.39, 0.29) is 29.8 Å². The van der Waals surface area contributed by atoms with Crippen LogP contribution in [0.2, 0.25) is 0 Å². The molecule has 0 saturated heterocycles. The van der Waals surface area contributed by atoms with E-state index in [1.54, 1.807) is 49.4 Å². The number of carbonyl (C=O) groups is 3. The van der Waals surface area contributed by atoms with Crippen molar-refractivity contribution in [3.8, 4) is 11.1 Å². The van der Waals surface area contributed by atoms with Gasteiger partial charge in [0.1, 0.15) is 11.9 Å². The van der Waals surface area contributed by atoms with Gasteiger partial charge in [0.25, 0.3) is 5.91 Å². The van der Waals surface area contributed by atoms with Gasteiger partial charge < -0.3 is 16.0 Å². The topological polar surface area (TPSA) is 100 Å². The van der Waals surface area contributed by atoms with Gasteiger partial charge in [-0.2, -0.15) is 13.2 Å². The van der Waals surface area contributed by atoms with E-state index in [9.17, 15) is 27.6 Å². The first kappa shape index (κ1) is 30.5. The second-order valence-corrected chi connectivity index (χ2v) is 10.8. The Morgan fingerprint density at radius 3 is 2.25 bits per heavy atom. The summed E-state index contributed by atoms with van der Waals surface area (Å²) in [6.45, 7) is 1.92. The van der Waals surface area contributed by atoms with E-state index in [4.69, 9.17) is 0 Å². The molecule has 1 aliphatic rings. The summed E-state index contributed by atoms with van der Waals surface area (Å²) in [5.74, 6) is -0.700. The Labute approximate surface area is 252 Å². The average Bonchev–Trinajstić information content (AvgIpc) is 2.99. The van der Waals surface area contributed by atoms with Gasteiger partial charge in [-0.15, -0.1) is 0 Å². The minimum Gasteiger partial charge on any atom is -0.350 e. The normalized spacial score (nSPS) is 13.8. The second-order valence-electron chi connectivity index (χ2n) is 10.8. The lowest BCUT2D eigenvalue weighted by molar-refractivity contribution is -0.137. The van der Waals surface area contributed by atoms with Crippen LogP contribution in [0.4, 0.5) is 19.0 Å². The van der Waals surface area contributed by atoms with Crippen LogP contribution in [0.1, 0.15) is 57.9 Å². The highest BCUT2D eigenvalue weighted by molar-refractivity contribution is 6.08. The van der Waals surface area contributed by atoms with Crippen LogP contribution in [-0.4, -0.2) is 22.7 Å². The first-order valence-corrected chi connectivity index (χ1v) is 14.3. The number of hydrogen-bond acceptors (Lipinski definition) is 4. The quantitative estimate of drug-likeness (QED) is 0.202. The number of hydrogen-bond donors (Lipinski definition) is 3. The van der Waals surface area contributed by atoms with Gasteiger partial charge in [-0.25, -0.2) is 4.98 Å². The fraction of sp³-hybridized carbons (Fsp3) is 0.235. The molecule has 44 heavy (non-hydrogen) atoms. The maximum atomic E-state index is 13.2. The number of carbonyl (C=O) groups excluding carboxylic acids is 3. The molecule has 1 aliphatic carbocycles. The lowest BCUT2D eigenvalue weighted by Gasteiger charge is -2.27. The molecule has 226 valence electrons. The molecule has 1 atom stereocenters. The molecule has 5 rings (SSSR count). The summed E-state index contributed by atoms with van der Waals surface area (Å²) in [5, 5.41) is 8.55. The summed E-state index contributed by atoms with van der Waals surface area (Å²) in [6, 6.07) is 21.3. The standard InChI is InChI=1S/C34H31F3N4O3/c1-21-18-22(20-39-33(44)29(24-8-3-2-4-9-24)40-31(42)25-10-7-11-25)19-38-30(21)41-32(43)28-13-6-5-12-27(28)23-14-16-26(17-15-23)34(35,36)37/h2-6,8-9,12-19,25,29H,7,10-11,20H2,1H3,(H,39,44)(H,40,42)(H,38,41,43)/t29-/m0/s1. The van der Waals surface area contributed by atoms with Gasteiger partial charge in [0.15, 0.2) is 0 Å². The highest BCUT2D eigenvalue weighted by atomic mass is 19.4. The number of pyridine rings is 1. The van der Waals surface area contributed by atoms with Crippen LogP contribution in [0.3, 0.4) is 0 Å². The third kappa shape index (κ3) is 7.14. The number of aryl methyl sites for hydroxylation is 1. The lowest BCUT2D eigenvalue weighted by atomic mass is 9.84. The van der Waals surface area contributed by atoms with Crippen LogP contribution in [0.15, 0.2) is 91.1 Å². The first-order valence-electron chi connectivity index (χ1n) is 14.3.